The van der Waals surface area contributed by atoms with Gasteiger partial charge in [0.25, 0.3) is 8.53 Å². The van der Waals surface area contributed by atoms with E-state index in [4.69, 9.17) is 23.8 Å². The van der Waals surface area contributed by atoms with Gasteiger partial charge in [-0.15, -0.1) is 0 Å². The topological polar surface area (TPSA) is 64.0 Å². The molecule has 0 fully saturated rings. The molecule has 0 saturated heterocycles. The van der Waals surface area contributed by atoms with Gasteiger partial charge in [0.15, 0.2) is 0 Å². The minimum Gasteiger partial charge on any atom is -0.382 e. The van der Waals surface area contributed by atoms with E-state index in [0.717, 1.165) is 0 Å². The second-order valence-corrected chi connectivity index (χ2v) is 6.44. The molecule has 124 valence electrons. The van der Waals surface area contributed by atoms with Gasteiger partial charge in [-0.05, 0) is 27.7 Å². The molecule has 0 aliphatic heterocycles. The van der Waals surface area contributed by atoms with Crippen molar-refractivity contribution >= 4 is 8.53 Å². The van der Waals surface area contributed by atoms with Crippen LogP contribution >= 0.6 is 8.53 Å². The molecule has 0 rings (SSSR count). The van der Waals surface area contributed by atoms with Crippen molar-refractivity contribution in [3.05, 3.63) is 0 Å². The first-order chi connectivity index (χ1) is 10.0. The summed E-state index contributed by atoms with van der Waals surface area (Å²) >= 11 is 0. The Morgan fingerprint density at radius 3 is 2.05 bits per heavy atom. The summed E-state index contributed by atoms with van der Waals surface area (Å²) in [6.07, 6.45) is 0.372. The Kier molecular flexibility index (Phi) is 13.2. The minimum absolute atomic E-state index is 0.313. The lowest BCUT2D eigenvalue weighted by atomic mass is 10.3. The highest BCUT2D eigenvalue weighted by molar-refractivity contribution is 7.44. The molecule has 0 amide bonds. The number of hydrogen-bond donors (Lipinski definition) is 0. The Labute approximate surface area is 130 Å². The second-order valence-electron chi connectivity index (χ2n) is 4.99. The number of hydrogen-bond acceptors (Lipinski definition) is 6. The van der Waals surface area contributed by atoms with Gasteiger partial charge in [-0.1, -0.05) is 0 Å². The summed E-state index contributed by atoms with van der Waals surface area (Å²) in [4.78, 5) is 0. The maximum absolute atomic E-state index is 8.62. The highest BCUT2D eigenvalue weighted by Gasteiger charge is 2.26. The van der Waals surface area contributed by atoms with Crippen molar-refractivity contribution in [2.45, 2.75) is 46.2 Å². The molecule has 0 N–H and O–H groups in total. The average Bonchev–Trinajstić information content (AvgIpc) is 2.41. The van der Waals surface area contributed by atoms with Crippen LogP contribution in [-0.4, -0.2) is 56.9 Å². The third kappa shape index (κ3) is 10.1. The van der Waals surface area contributed by atoms with Crippen molar-refractivity contribution in [1.29, 1.82) is 5.26 Å². The predicted molar refractivity (Wildman–Crippen MR) is 83.9 cm³/mol. The van der Waals surface area contributed by atoms with Crippen LogP contribution in [0.4, 0.5) is 0 Å². The van der Waals surface area contributed by atoms with Crippen molar-refractivity contribution in [2.24, 2.45) is 0 Å². The van der Waals surface area contributed by atoms with Crippen LogP contribution in [0.5, 0.6) is 0 Å². The third-order valence-electron chi connectivity index (χ3n) is 2.52. The zero-order chi connectivity index (χ0) is 16.1. The van der Waals surface area contributed by atoms with Crippen molar-refractivity contribution in [3.63, 3.8) is 0 Å². The van der Waals surface area contributed by atoms with Crippen LogP contribution in [-0.2, 0) is 18.5 Å². The predicted octanol–water partition coefficient (Wildman–Crippen LogP) is 2.94. The molecule has 6 nitrogen and oxygen atoms in total. The number of methoxy groups -OCH3 is 1. The zero-order valence-electron chi connectivity index (χ0n) is 13.9. The van der Waals surface area contributed by atoms with Gasteiger partial charge in [-0.2, -0.15) is 5.26 Å². The number of rotatable bonds is 13. The molecule has 0 aromatic rings. The first-order valence-corrected chi connectivity index (χ1v) is 8.45. The van der Waals surface area contributed by atoms with Gasteiger partial charge >= 0.3 is 0 Å². The van der Waals surface area contributed by atoms with Crippen LogP contribution < -0.4 is 0 Å². The lowest BCUT2D eigenvalue weighted by Crippen LogP contribution is -2.34. The highest BCUT2D eigenvalue weighted by Crippen LogP contribution is 2.45. The van der Waals surface area contributed by atoms with E-state index in [9.17, 15) is 0 Å². The average molecular weight is 320 g/mol. The fraction of sp³-hybridized carbons (Fsp3) is 0.929. The van der Waals surface area contributed by atoms with Crippen molar-refractivity contribution in [3.8, 4) is 6.07 Å². The molecule has 0 radical (unpaired) electrons. The van der Waals surface area contributed by atoms with Crippen molar-refractivity contribution in [2.75, 3.05) is 40.1 Å². The molecule has 0 saturated carbocycles. The molecular formula is C14H29N2O4P. The Balaban J connectivity index is 4.27. The van der Waals surface area contributed by atoms with E-state index in [0.29, 0.717) is 51.5 Å². The first kappa shape index (κ1) is 20.7. The normalized spacial score (nSPS) is 13.1. The number of nitrogens with zero attached hydrogens (tertiary/aromatic N) is 2. The molecule has 0 aromatic carbocycles. The van der Waals surface area contributed by atoms with Gasteiger partial charge in [-0.25, -0.2) is 4.67 Å². The minimum atomic E-state index is -1.17. The van der Waals surface area contributed by atoms with Crippen molar-refractivity contribution in [1.82, 2.24) is 4.67 Å². The van der Waals surface area contributed by atoms with E-state index in [1.807, 2.05) is 0 Å². The SMILES string of the molecule is COCCOCCOP(OCCC#N)N(C(C)C)C(C)C. The summed E-state index contributed by atoms with van der Waals surface area (Å²) in [5.74, 6) is 0. The Morgan fingerprint density at radius 2 is 1.52 bits per heavy atom. The number of ether oxygens (including phenoxy) is 2. The Bertz CT molecular complexity index is 277. The van der Waals surface area contributed by atoms with E-state index in [1.165, 1.54) is 0 Å². The molecule has 0 aliphatic rings. The van der Waals surface area contributed by atoms with E-state index < -0.39 is 8.53 Å². The van der Waals surface area contributed by atoms with Gasteiger partial charge in [0.05, 0.1) is 45.5 Å². The van der Waals surface area contributed by atoms with Gasteiger partial charge in [-0.3, -0.25) is 0 Å². The van der Waals surface area contributed by atoms with E-state index in [2.05, 4.69) is 38.4 Å². The smallest absolute Gasteiger partial charge is 0.259 e. The third-order valence-corrected chi connectivity index (χ3v) is 4.63. The van der Waals surface area contributed by atoms with Crippen LogP contribution in [0.2, 0.25) is 0 Å². The summed E-state index contributed by atoms with van der Waals surface area (Å²) in [6.45, 7) is 11.0. The largest absolute Gasteiger partial charge is 0.382 e. The molecular weight excluding hydrogens is 291 g/mol. The Hall–Kier alpha value is -0.280. The van der Waals surface area contributed by atoms with Gasteiger partial charge in [0.1, 0.15) is 0 Å². The maximum Gasteiger partial charge on any atom is 0.259 e. The molecule has 7 heteroatoms. The first-order valence-electron chi connectivity index (χ1n) is 7.32. The molecule has 0 spiro atoms. The summed E-state index contributed by atoms with van der Waals surface area (Å²) < 4.78 is 24.1. The summed E-state index contributed by atoms with van der Waals surface area (Å²) in [7, 11) is 0.476. The van der Waals surface area contributed by atoms with Gasteiger partial charge in [0, 0.05) is 19.2 Å². The molecule has 0 bridgehead atoms. The second kappa shape index (κ2) is 13.4. The van der Waals surface area contributed by atoms with Crippen LogP contribution in [0.1, 0.15) is 34.1 Å². The number of nitriles is 1. The standard InChI is InChI=1S/C14H29N2O4P/c1-13(2)16(14(3)4)21(19-8-6-7-15)20-12-11-18-10-9-17-5/h13-14H,6,8-12H2,1-5H3. The van der Waals surface area contributed by atoms with Crippen LogP contribution in [0.25, 0.3) is 0 Å². The lowest BCUT2D eigenvalue weighted by Gasteiger charge is -2.35. The fourth-order valence-corrected chi connectivity index (χ4v) is 3.31. The summed E-state index contributed by atoms with van der Waals surface area (Å²) in [6, 6.07) is 2.71. The fourth-order valence-electron chi connectivity index (χ4n) is 1.73. The van der Waals surface area contributed by atoms with Gasteiger partial charge in [0.2, 0.25) is 0 Å². The van der Waals surface area contributed by atoms with E-state index in [1.54, 1.807) is 7.11 Å². The summed E-state index contributed by atoms with van der Waals surface area (Å²) in [5, 5.41) is 8.62. The summed E-state index contributed by atoms with van der Waals surface area (Å²) in [5.41, 5.74) is 0. The van der Waals surface area contributed by atoms with Crippen LogP contribution in [0, 0.1) is 11.3 Å². The molecule has 21 heavy (non-hydrogen) atoms. The van der Waals surface area contributed by atoms with E-state index >= 15 is 0 Å². The van der Waals surface area contributed by atoms with Crippen LogP contribution in [0.3, 0.4) is 0 Å². The van der Waals surface area contributed by atoms with E-state index in [-0.39, 0.29) is 0 Å². The highest BCUT2D eigenvalue weighted by atomic mass is 31.2. The van der Waals surface area contributed by atoms with Crippen LogP contribution in [0.15, 0.2) is 0 Å². The molecule has 1 unspecified atom stereocenters. The monoisotopic (exact) mass is 320 g/mol. The molecule has 0 aliphatic carbocycles. The lowest BCUT2D eigenvalue weighted by molar-refractivity contribution is 0.0499. The molecule has 0 heterocycles. The molecule has 1 atom stereocenters. The van der Waals surface area contributed by atoms with Gasteiger partial charge < -0.3 is 18.5 Å². The quantitative estimate of drug-likeness (QED) is 0.384. The zero-order valence-corrected chi connectivity index (χ0v) is 14.8. The van der Waals surface area contributed by atoms with Crippen molar-refractivity contribution < 1.29 is 18.5 Å². The Morgan fingerprint density at radius 1 is 0.952 bits per heavy atom. The molecule has 0 aromatic heterocycles. The maximum atomic E-state index is 8.62.